The number of anilines is 2. The summed E-state index contributed by atoms with van der Waals surface area (Å²) in [5, 5.41) is 12.4. The first-order valence-corrected chi connectivity index (χ1v) is 9.79. The quantitative estimate of drug-likeness (QED) is 0.637. The van der Waals surface area contributed by atoms with E-state index < -0.39 is 5.97 Å². The Kier molecular flexibility index (Phi) is 6.40. The SMILES string of the molecule is O=C(O)c1cc(NC(=O)C(CS)Cc2ccccc2)ccc1N1CCCC1. The van der Waals surface area contributed by atoms with Crippen molar-refractivity contribution in [1.82, 2.24) is 0 Å². The van der Waals surface area contributed by atoms with Crippen molar-refractivity contribution >= 4 is 35.9 Å². The second kappa shape index (κ2) is 8.95. The Hall–Kier alpha value is -2.47. The van der Waals surface area contributed by atoms with E-state index in [9.17, 15) is 14.7 Å². The van der Waals surface area contributed by atoms with Gasteiger partial charge in [0.05, 0.1) is 17.2 Å². The zero-order valence-corrected chi connectivity index (χ0v) is 16.0. The smallest absolute Gasteiger partial charge is 0.337 e. The molecule has 0 spiro atoms. The minimum atomic E-state index is -0.983. The van der Waals surface area contributed by atoms with E-state index in [4.69, 9.17) is 0 Å². The van der Waals surface area contributed by atoms with Crippen molar-refractivity contribution in [3.8, 4) is 0 Å². The van der Waals surface area contributed by atoms with Crippen molar-refractivity contribution in [2.75, 3.05) is 29.1 Å². The van der Waals surface area contributed by atoms with E-state index in [2.05, 4.69) is 22.8 Å². The van der Waals surface area contributed by atoms with Crippen LogP contribution in [-0.2, 0) is 11.2 Å². The van der Waals surface area contributed by atoms with E-state index in [1.807, 2.05) is 30.3 Å². The summed E-state index contributed by atoms with van der Waals surface area (Å²) in [5.41, 5.74) is 2.51. The first kappa shape index (κ1) is 19.3. The summed E-state index contributed by atoms with van der Waals surface area (Å²) < 4.78 is 0. The number of nitrogens with zero attached hydrogens (tertiary/aromatic N) is 1. The maximum Gasteiger partial charge on any atom is 0.337 e. The number of thiol groups is 1. The summed E-state index contributed by atoms with van der Waals surface area (Å²) in [5.74, 6) is -1.01. The summed E-state index contributed by atoms with van der Waals surface area (Å²) in [4.78, 5) is 26.4. The first-order valence-electron chi connectivity index (χ1n) is 9.16. The van der Waals surface area contributed by atoms with Gasteiger partial charge in [0.15, 0.2) is 0 Å². The van der Waals surface area contributed by atoms with Gasteiger partial charge >= 0.3 is 5.97 Å². The predicted molar refractivity (Wildman–Crippen MR) is 111 cm³/mol. The van der Waals surface area contributed by atoms with E-state index in [1.165, 1.54) is 0 Å². The molecule has 1 heterocycles. The van der Waals surface area contributed by atoms with Gasteiger partial charge in [-0.1, -0.05) is 30.3 Å². The second-order valence-electron chi connectivity index (χ2n) is 6.79. The third-order valence-electron chi connectivity index (χ3n) is 4.86. The zero-order chi connectivity index (χ0) is 19.2. The fourth-order valence-electron chi connectivity index (χ4n) is 3.40. The van der Waals surface area contributed by atoms with E-state index >= 15 is 0 Å². The van der Waals surface area contributed by atoms with Gasteiger partial charge in [-0.2, -0.15) is 12.6 Å². The van der Waals surface area contributed by atoms with E-state index in [-0.39, 0.29) is 17.4 Å². The van der Waals surface area contributed by atoms with Crippen LogP contribution < -0.4 is 10.2 Å². The molecular formula is C21H24N2O3S. The number of rotatable bonds is 7. The van der Waals surface area contributed by atoms with E-state index in [0.717, 1.165) is 31.5 Å². The number of aromatic carboxylic acids is 1. The number of hydrogen-bond acceptors (Lipinski definition) is 4. The molecule has 1 aliphatic rings. The highest BCUT2D eigenvalue weighted by atomic mass is 32.1. The Morgan fingerprint density at radius 1 is 1.11 bits per heavy atom. The number of carboxylic acid groups (broad SMARTS) is 1. The van der Waals surface area contributed by atoms with Crippen molar-refractivity contribution in [3.63, 3.8) is 0 Å². The molecule has 1 aliphatic heterocycles. The molecule has 0 aromatic heterocycles. The molecule has 0 radical (unpaired) electrons. The molecule has 1 saturated heterocycles. The van der Waals surface area contributed by atoms with Crippen LogP contribution in [0.25, 0.3) is 0 Å². The van der Waals surface area contributed by atoms with Crippen molar-refractivity contribution in [3.05, 3.63) is 59.7 Å². The van der Waals surface area contributed by atoms with Gasteiger partial charge in [0.2, 0.25) is 5.91 Å². The summed E-state index contributed by atoms with van der Waals surface area (Å²) in [6, 6.07) is 14.9. The Labute approximate surface area is 164 Å². The maximum absolute atomic E-state index is 12.7. The Morgan fingerprint density at radius 2 is 1.81 bits per heavy atom. The van der Waals surface area contributed by atoms with Gasteiger partial charge in [-0.15, -0.1) is 0 Å². The molecule has 3 rings (SSSR count). The molecule has 0 saturated carbocycles. The molecule has 1 fully saturated rings. The van der Waals surface area contributed by atoms with Crippen LogP contribution in [0.15, 0.2) is 48.5 Å². The molecule has 6 heteroatoms. The minimum absolute atomic E-state index is 0.154. The first-order chi connectivity index (χ1) is 13.1. The lowest BCUT2D eigenvalue weighted by atomic mass is 10.00. The summed E-state index contributed by atoms with van der Waals surface area (Å²) in [6.45, 7) is 1.73. The average molecular weight is 385 g/mol. The van der Waals surface area contributed by atoms with Gasteiger partial charge in [0, 0.05) is 24.5 Å². The average Bonchev–Trinajstić information content (AvgIpc) is 3.21. The number of carboxylic acids is 1. The van der Waals surface area contributed by atoms with Gasteiger partial charge in [0.25, 0.3) is 0 Å². The largest absolute Gasteiger partial charge is 0.478 e. The van der Waals surface area contributed by atoms with Crippen LogP contribution in [0.3, 0.4) is 0 Å². The van der Waals surface area contributed by atoms with Crippen LogP contribution >= 0.6 is 12.6 Å². The Bertz CT molecular complexity index is 804. The Balaban J connectivity index is 1.74. The highest BCUT2D eigenvalue weighted by molar-refractivity contribution is 7.80. The molecule has 1 amide bonds. The third-order valence-corrected chi connectivity index (χ3v) is 5.30. The third kappa shape index (κ3) is 4.83. The van der Waals surface area contributed by atoms with E-state index in [1.54, 1.807) is 18.2 Å². The number of nitrogens with one attached hydrogen (secondary N) is 1. The molecule has 0 bridgehead atoms. The highest BCUT2D eigenvalue weighted by Gasteiger charge is 2.22. The van der Waals surface area contributed by atoms with Crippen LogP contribution in [0, 0.1) is 5.92 Å². The lowest BCUT2D eigenvalue weighted by Gasteiger charge is -2.21. The second-order valence-corrected chi connectivity index (χ2v) is 7.15. The molecule has 2 N–H and O–H groups in total. The normalized spacial score (nSPS) is 14.8. The topological polar surface area (TPSA) is 69.6 Å². The molecule has 5 nitrogen and oxygen atoms in total. The number of carbonyl (C=O) groups excluding carboxylic acids is 1. The van der Waals surface area contributed by atoms with Crippen molar-refractivity contribution in [1.29, 1.82) is 0 Å². The fraction of sp³-hybridized carbons (Fsp3) is 0.333. The number of amides is 1. The number of carbonyl (C=O) groups is 2. The monoisotopic (exact) mass is 384 g/mol. The summed E-state index contributed by atoms with van der Waals surface area (Å²) in [7, 11) is 0. The number of benzene rings is 2. The zero-order valence-electron chi connectivity index (χ0n) is 15.1. The van der Waals surface area contributed by atoms with E-state index in [0.29, 0.717) is 23.5 Å². The van der Waals surface area contributed by atoms with Crippen molar-refractivity contribution in [2.24, 2.45) is 5.92 Å². The van der Waals surface area contributed by atoms with Gasteiger partial charge in [0.1, 0.15) is 0 Å². The molecule has 142 valence electrons. The molecular weight excluding hydrogens is 360 g/mol. The summed E-state index contributed by atoms with van der Waals surface area (Å²) in [6.07, 6.45) is 2.73. The minimum Gasteiger partial charge on any atom is -0.478 e. The van der Waals surface area contributed by atoms with Crippen molar-refractivity contribution < 1.29 is 14.7 Å². The lowest BCUT2D eigenvalue weighted by molar-refractivity contribution is -0.119. The lowest BCUT2D eigenvalue weighted by Crippen LogP contribution is -2.26. The summed E-state index contributed by atoms with van der Waals surface area (Å²) >= 11 is 4.32. The molecule has 2 aromatic carbocycles. The van der Waals surface area contributed by atoms with Crippen molar-refractivity contribution in [2.45, 2.75) is 19.3 Å². The van der Waals surface area contributed by atoms with Crippen LogP contribution in [-0.4, -0.2) is 35.8 Å². The van der Waals surface area contributed by atoms with Gasteiger partial charge in [-0.25, -0.2) is 4.79 Å². The van der Waals surface area contributed by atoms with Crippen LogP contribution in [0.2, 0.25) is 0 Å². The van der Waals surface area contributed by atoms with Crippen LogP contribution in [0.5, 0.6) is 0 Å². The number of hydrogen-bond donors (Lipinski definition) is 3. The highest BCUT2D eigenvalue weighted by Crippen LogP contribution is 2.28. The standard InChI is InChI=1S/C21H24N2O3S/c24-20(16(14-27)12-15-6-2-1-3-7-15)22-17-8-9-19(18(13-17)21(25)26)23-10-4-5-11-23/h1-3,6-9,13,16,27H,4-5,10-12,14H2,(H,22,24)(H,25,26). The predicted octanol–water partition coefficient (Wildman–Crippen LogP) is 3.71. The fourth-order valence-corrected chi connectivity index (χ4v) is 3.70. The van der Waals surface area contributed by atoms with Crippen LogP contribution in [0.1, 0.15) is 28.8 Å². The molecule has 1 unspecified atom stereocenters. The van der Waals surface area contributed by atoms with Gasteiger partial charge in [-0.05, 0) is 43.0 Å². The molecule has 27 heavy (non-hydrogen) atoms. The van der Waals surface area contributed by atoms with Gasteiger partial charge < -0.3 is 15.3 Å². The molecule has 2 aromatic rings. The molecule has 0 aliphatic carbocycles. The Morgan fingerprint density at radius 3 is 2.44 bits per heavy atom. The maximum atomic E-state index is 12.7. The van der Waals surface area contributed by atoms with Crippen LogP contribution in [0.4, 0.5) is 11.4 Å². The van der Waals surface area contributed by atoms with Gasteiger partial charge in [-0.3, -0.25) is 4.79 Å². The molecule has 1 atom stereocenters.